The topological polar surface area (TPSA) is 63.2 Å². The molecule has 0 atom stereocenters. The minimum absolute atomic E-state index is 0.164. The Kier molecular flexibility index (Phi) is 28.7. The lowest BCUT2D eigenvalue weighted by Crippen LogP contribution is -2.14. The molecule has 0 amide bonds. The minimum atomic E-state index is -0.164. The monoisotopic (exact) mass is 474 g/mol. The molecule has 0 rings (SSSR count). The first kappa shape index (κ1) is 32.3. The Bertz CT molecular complexity index is 378. The van der Waals surface area contributed by atoms with E-state index in [1.165, 1.54) is 77.0 Å². The van der Waals surface area contributed by atoms with Gasteiger partial charge in [0.25, 0.3) is 0 Å². The maximum absolute atomic E-state index is 11.2. The van der Waals surface area contributed by atoms with E-state index in [0.29, 0.717) is 59.3 Å². The molecule has 0 aromatic carbocycles. The van der Waals surface area contributed by atoms with Gasteiger partial charge in [-0.2, -0.15) is 0 Å². The van der Waals surface area contributed by atoms with Gasteiger partial charge >= 0.3 is 5.97 Å². The van der Waals surface area contributed by atoms with Crippen LogP contribution in [0.2, 0.25) is 0 Å². The molecule has 33 heavy (non-hydrogen) atoms. The van der Waals surface area contributed by atoms with Gasteiger partial charge in [0.1, 0.15) is 6.61 Å². The molecular weight excluding hydrogens is 420 g/mol. The fourth-order valence-electron chi connectivity index (χ4n) is 3.47. The van der Waals surface area contributed by atoms with E-state index in [-0.39, 0.29) is 5.97 Å². The smallest absolute Gasteiger partial charge is 0.305 e. The number of carbonyl (C=O) groups is 1. The molecule has 0 saturated heterocycles. The quantitative estimate of drug-likeness (QED) is 0.0954. The summed E-state index contributed by atoms with van der Waals surface area (Å²) in [4.78, 5) is 11.2. The van der Waals surface area contributed by atoms with Crippen molar-refractivity contribution in [2.45, 2.75) is 110 Å². The van der Waals surface area contributed by atoms with E-state index in [0.717, 1.165) is 19.4 Å². The van der Waals surface area contributed by atoms with Crippen molar-refractivity contribution in [3.63, 3.8) is 0 Å². The summed E-state index contributed by atoms with van der Waals surface area (Å²) in [5, 5.41) is 0. The van der Waals surface area contributed by atoms with Crippen LogP contribution in [-0.2, 0) is 28.5 Å². The highest BCUT2D eigenvalue weighted by molar-refractivity contribution is 5.69. The average molecular weight is 475 g/mol. The molecule has 0 bridgehead atoms. The fourth-order valence-corrected chi connectivity index (χ4v) is 3.47. The number of carbonyl (C=O) groups excluding carboxylic acids is 1. The van der Waals surface area contributed by atoms with Gasteiger partial charge in [0.05, 0.1) is 46.2 Å². The molecule has 6 nitrogen and oxygen atoms in total. The number of ether oxygens (including phenoxy) is 5. The van der Waals surface area contributed by atoms with Crippen LogP contribution in [0.4, 0.5) is 0 Å². The molecule has 0 unspecified atom stereocenters. The summed E-state index contributed by atoms with van der Waals surface area (Å²) in [6, 6.07) is 0. The van der Waals surface area contributed by atoms with Crippen molar-refractivity contribution < 1.29 is 28.5 Å². The van der Waals surface area contributed by atoms with E-state index in [1.807, 2.05) is 6.92 Å². The second-order valence-corrected chi connectivity index (χ2v) is 8.66. The van der Waals surface area contributed by atoms with Crippen LogP contribution >= 0.6 is 0 Å². The van der Waals surface area contributed by atoms with Crippen LogP contribution in [0.1, 0.15) is 110 Å². The number of esters is 1. The Morgan fingerprint density at radius 2 is 0.788 bits per heavy atom. The predicted molar refractivity (Wildman–Crippen MR) is 135 cm³/mol. The maximum atomic E-state index is 11.2. The Morgan fingerprint density at radius 1 is 0.424 bits per heavy atom. The Labute approximate surface area is 204 Å². The zero-order valence-electron chi connectivity index (χ0n) is 21.9. The molecular formula is C27H54O6. The number of rotatable bonds is 28. The lowest BCUT2D eigenvalue weighted by Gasteiger charge is -2.08. The van der Waals surface area contributed by atoms with E-state index < -0.39 is 0 Å². The van der Waals surface area contributed by atoms with Crippen LogP contribution in [0, 0.1) is 0 Å². The summed E-state index contributed by atoms with van der Waals surface area (Å²) < 4.78 is 26.9. The van der Waals surface area contributed by atoms with Crippen LogP contribution < -0.4 is 0 Å². The van der Waals surface area contributed by atoms with Crippen LogP contribution in [0.25, 0.3) is 0 Å². The van der Waals surface area contributed by atoms with Crippen molar-refractivity contribution in [1.29, 1.82) is 0 Å². The van der Waals surface area contributed by atoms with Gasteiger partial charge in [-0.1, -0.05) is 90.9 Å². The average Bonchev–Trinajstić information content (AvgIpc) is 2.81. The molecule has 0 aromatic rings. The van der Waals surface area contributed by atoms with Crippen LogP contribution in [0.15, 0.2) is 0 Å². The van der Waals surface area contributed by atoms with Gasteiger partial charge in [-0.3, -0.25) is 4.79 Å². The first-order valence-corrected chi connectivity index (χ1v) is 13.8. The molecule has 0 aliphatic rings. The van der Waals surface area contributed by atoms with Gasteiger partial charge in [0.15, 0.2) is 0 Å². The van der Waals surface area contributed by atoms with E-state index in [2.05, 4.69) is 6.92 Å². The molecule has 0 radical (unpaired) electrons. The van der Waals surface area contributed by atoms with Crippen molar-refractivity contribution in [3.8, 4) is 0 Å². The Balaban J connectivity index is 3.03. The standard InChI is InChI=1S/C27H54O6/c1-3-5-6-7-8-9-10-11-12-13-14-15-16-18-29-19-20-30-21-22-31-23-24-32-25-26-33-27(28)17-4-2/h3-26H2,1-2H3. The van der Waals surface area contributed by atoms with Crippen LogP contribution in [0.5, 0.6) is 0 Å². The van der Waals surface area contributed by atoms with Gasteiger partial charge in [0, 0.05) is 13.0 Å². The van der Waals surface area contributed by atoms with Gasteiger partial charge in [-0.15, -0.1) is 0 Å². The second-order valence-electron chi connectivity index (χ2n) is 8.66. The van der Waals surface area contributed by atoms with E-state index in [1.54, 1.807) is 0 Å². The number of unbranched alkanes of at least 4 members (excludes halogenated alkanes) is 12. The number of hydrogen-bond donors (Lipinski definition) is 0. The third-order valence-corrected chi connectivity index (χ3v) is 5.45. The molecule has 0 saturated carbocycles. The Hall–Kier alpha value is -0.690. The van der Waals surface area contributed by atoms with Crippen molar-refractivity contribution in [3.05, 3.63) is 0 Å². The maximum Gasteiger partial charge on any atom is 0.305 e. The Morgan fingerprint density at radius 3 is 1.21 bits per heavy atom. The zero-order valence-corrected chi connectivity index (χ0v) is 21.9. The molecule has 0 heterocycles. The fraction of sp³-hybridized carbons (Fsp3) is 0.963. The highest BCUT2D eigenvalue weighted by Crippen LogP contribution is 2.12. The minimum Gasteiger partial charge on any atom is -0.463 e. The molecule has 0 fully saturated rings. The summed E-state index contributed by atoms with van der Waals surface area (Å²) in [6.07, 6.45) is 19.1. The highest BCUT2D eigenvalue weighted by atomic mass is 16.6. The predicted octanol–water partition coefficient (Wildman–Crippen LogP) is 6.49. The molecule has 0 aliphatic carbocycles. The molecule has 198 valence electrons. The van der Waals surface area contributed by atoms with Crippen molar-refractivity contribution in [2.24, 2.45) is 0 Å². The van der Waals surface area contributed by atoms with Crippen LogP contribution in [-0.4, -0.2) is 65.4 Å². The van der Waals surface area contributed by atoms with Gasteiger partial charge in [-0.05, 0) is 12.8 Å². The molecule has 0 aliphatic heterocycles. The summed E-state index contributed by atoms with van der Waals surface area (Å²) in [7, 11) is 0. The van der Waals surface area contributed by atoms with Crippen molar-refractivity contribution in [2.75, 3.05) is 59.5 Å². The molecule has 0 aromatic heterocycles. The number of hydrogen-bond acceptors (Lipinski definition) is 6. The lowest BCUT2D eigenvalue weighted by molar-refractivity contribution is -0.145. The van der Waals surface area contributed by atoms with Crippen LogP contribution in [0.3, 0.4) is 0 Å². The SMILES string of the molecule is CCCCCCCCCCCCCCCOCCOCCOCCOCCOC(=O)CCC. The molecule has 0 spiro atoms. The van der Waals surface area contributed by atoms with Gasteiger partial charge in [-0.25, -0.2) is 0 Å². The first-order valence-electron chi connectivity index (χ1n) is 13.8. The zero-order chi connectivity index (χ0) is 24.1. The summed E-state index contributed by atoms with van der Waals surface area (Å²) >= 11 is 0. The normalized spacial score (nSPS) is 11.2. The second kappa shape index (κ2) is 29.3. The van der Waals surface area contributed by atoms with E-state index >= 15 is 0 Å². The summed E-state index contributed by atoms with van der Waals surface area (Å²) in [6.45, 7) is 9.17. The van der Waals surface area contributed by atoms with Gasteiger partial charge in [0.2, 0.25) is 0 Å². The summed E-state index contributed by atoms with van der Waals surface area (Å²) in [5.74, 6) is -0.164. The molecule has 0 N–H and O–H groups in total. The van der Waals surface area contributed by atoms with Crippen molar-refractivity contribution in [1.82, 2.24) is 0 Å². The van der Waals surface area contributed by atoms with E-state index in [9.17, 15) is 4.79 Å². The highest BCUT2D eigenvalue weighted by Gasteiger charge is 2.00. The largest absolute Gasteiger partial charge is 0.463 e. The lowest BCUT2D eigenvalue weighted by atomic mass is 10.0. The summed E-state index contributed by atoms with van der Waals surface area (Å²) in [5.41, 5.74) is 0. The van der Waals surface area contributed by atoms with E-state index in [4.69, 9.17) is 23.7 Å². The molecule has 6 heteroatoms. The first-order chi connectivity index (χ1) is 16.3. The third-order valence-electron chi connectivity index (χ3n) is 5.45. The van der Waals surface area contributed by atoms with Gasteiger partial charge < -0.3 is 23.7 Å². The third kappa shape index (κ3) is 29.3. The van der Waals surface area contributed by atoms with Crippen molar-refractivity contribution >= 4 is 5.97 Å².